The van der Waals surface area contributed by atoms with Crippen LogP contribution in [0, 0.1) is 0 Å². The van der Waals surface area contributed by atoms with Crippen LogP contribution < -0.4 is 5.32 Å². The Bertz CT molecular complexity index is 658. The minimum absolute atomic E-state index is 0.0889. The standard InChI is InChI=1S/C19H29NO6Si/c1-19(2,3)27(4,5)26-16-14(11-21)25-17(22)15(16)20-18(23)24-12-13-9-7-6-8-10-13/h6-10,14-16,21H,11-12H2,1-5H3,(H,20,23)/t14-,15?,16-/m1/s1. The van der Waals surface area contributed by atoms with E-state index in [1.807, 2.05) is 43.4 Å². The molecule has 1 aliphatic rings. The summed E-state index contributed by atoms with van der Waals surface area (Å²) in [7, 11) is -2.26. The van der Waals surface area contributed by atoms with Crippen LogP contribution >= 0.6 is 0 Å². The van der Waals surface area contributed by atoms with Crippen LogP contribution in [0.4, 0.5) is 4.79 Å². The molecule has 1 unspecified atom stereocenters. The number of aliphatic hydroxyl groups excluding tert-OH is 1. The Morgan fingerprint density at radius 1 is 1.26 bits per heavy atom. The average molecular weight is 396 g/mol. The summed E-state index contributed by atoms with van der Waals surface area (Å²) in [6.45, 7) is 10.0. The van der Waals surface area contributed by atoms with Gasteiger partial charge in [0.1, 0.15) is 12.7 Å². The molecule has 1 aliphatic heterocycles. The van der Waals surface area contributed by atoms with Crippen LogP contribution in [0.25, 0.3) is 0 Å². The van der Waals surface area contributed by atoms with Gasteiger partial charge in [-0.25, -0.2) is 9.59 Å². The zero-order valence-corrected chi connectivity index (χ0v) is 17.5. The Hall–Kier alpha value is -1.90. The van der Waals surface area contributed by atoms with E-state index in [1.54, 1.807) is 0 Å². The quantitative estimate of drug-likeness (QED) is 0.568. The number of hydrogen-bond acceptors (Lipinski definition) is 6. The summed E-state index contributed by atoms with van der Waals surface area (Å²) in [5.41, 5.74) is 0.837. The van der Waals surface area contributed by atoms with Crippen molar-refractivity contribution < 1.29 is 28.6 Å². The van der Waals surface area contributed by atoms with E-state index in [0.717, 1.165) is 5.56 Å². The second-order valence-electron chi connectivity index (χ2n) is 8.18. The fourth-order valence-corrected chi connectivity index (χ4v) is 3.80. The number of carbonyl (C=O) groups excluding carboxylic acids is 2. The molecule has 8 heteroatoms. The number of cyclic esters (lactones) is 1. The zero-order chi connectivity index (χ0) is 20.2. The van der Waals surface area contributed by atoms with E-state index in [2.05, 4.69) is 26.1 Å². The Kier molecular flexibility index (Phi) is 6.66. The second-order valence-corrected chi connectivity index (χ2v) is 12.9. The van der Waals surface area contributed by atoms with Crippen LogP contribution in [0.3, 0.4) is 0 Å². The maximum Gasteiger partial charge on any atom is 0.408 e. The van der Waals surface area contributed by atoms with Gasteiger partial charge in [-0.15, -0.1) is 0 Å². The SMILES string of the molecule is CC(C)(C)[Si](C)(C)O[C@H]1C(NC(=O)OCc2ccccc2)C(=O)O[C@@H]1CO. The molecule has 0 bridgehead atoms. The number of aliphatic hydroxyl groups is 1. The van der Waals surface area contributed by atoms with Gasteiger partial charge in [-0.05, 0) is 23.7 Å². The van der Waals surface area contributed by atoms with Crippen molar-refractivity contribution in [2.45, 2.75) is 63.8 Å². The molecule has 1 aromatic carbocycles. The summed E-state index contributed by atoms with van der Waals surface area (Å²) < 4.78 is 16.7. The van der Waals surface area contributed by atoms with Gasteiger partial charge in [0.25, 0.3) is 0 Å². The first-order chi connectivity index (χ1) is 12.5. The van der Waals surface area contributed by atoms with Crippen molar-refractivity contribution in [3.63, 3.8) is 0 Å². The van der Waals surface area contributed by atoms with Gasteiger partial charge in [0, 0.05) is 0 Å². The first-order valence-corrected chi connectivity index (χ1v) is 11.9. The molecule has 1 heterocycles. The highest BCUT2D eigenvalue weighted by Gasteiger charge is 2.51. The zero-order valence-electron chi connectivity index (χ0n) is 16.5. The molecule has 7 nitrogen and oxygen atoms in total. The largest absolute Gasteiger partial charge is 0.455 e. The van der Waals surface area contributed by atoms with Crippen molar-refractivity contribution in [2.24, 2.45) is 0 Å². The van der Waals surface area contributed by atoms with E-state index in [1.165, 1.54) is 0 Å². The predicted molar refractivity (Wildman–Crippen MR) is 103 cm³/mol. The molecular weight excluding hydrogens is 366 g/mol. The lowest BCUT2D eigenvalue weighted by atomic mass is 10.1. The fraction of sp³-hybridized carbons (Fsp3) is 0.579. The van der Waals surface area contributed by atoms with Gasteiger partial charge in [0.05, 0.1) is 6.61 Å². The molecule has 27 heavy (non-hydrogen) atoms. The van der Waals surface area contributed by atoms with Gasteiger partial charge in [0.2, 0.25) is 0 Å². The molecule has 0 aliphatic carbocycles. The first kappa shape index (κ1) is 21.4. The van der Waals surface area contributed by atoms with Gasteiger partial charge >= 0.3 is 12.1 Å². The molecule has 3 atom stereocenters. The van der Waals surface area contributed by atoms with Crippen molar-refractivity contribution in [1.29, 1.82) is 0 Å². The van der Waals surface area contributed by atoms with Gasteiger partial charge in [-0.3, -0.25) is 0 Å². The Morgan fingerprint density at radius 2 is 1.89 bits per heavy atom. The number of carbonyl (C=O) groups is 2. The minimum atomic E-state index is -2.26. The highest BCUT2D eigenvalue weighted by Crippen LogP contribution is 2.39. The fourth-order valence-electron chi connectivity index (χ4n) is 2.47. The van der Waals surface area contributed by atoms with Gasteiger partial charge in [-0.2, -0.15) is 0 Å². The molecule has 0 spiro atoms. The van der Waals surface area contributed by atoms with Crippen molar-refractivity contribution in [1.82, 2.24) is 5.32 Å². The number of ether oxygens (including phenoxy) is 2. The summed E-state index contributed by atoms with van der Waals surface area (Å²) in [4.78, 5) is 24.4. The van der Waals surface area contributed by atoms with E-state index in [0.29, 0.717) is 0 Å². The number of hydrogen-bond donors (Lipinski definition) is 2. The van der Waals surface area contributed by atoms with Crippen molar-refractivity contribution >= 4 is 20.4 Å². The van der Waals surface area contributed by atoms with E-state index in [4.69, 9.17) is 13.9 Å². The van der Waals surface area contributed by atoms with E-state index in [9.17, 15) is 14.7 Å². The summed E-state index contributed by atoms with van der Waals surface area (Å²) in [6.07, 6.45) is -2.30. The Morgan fingerprint density at radius 3 is 2.44 bits per heavy atom. The Labute approximate surface area is 161 Å². The summed E-state index contributed by atoms with van der Waals surface area (Å²) in [5.74, 6) is -0.630. The van der Waals surface area contributed by atoms with Gasteiger partial charge in [0.15, 0.2) is 20.5 Å². The number of rotatable bonds is 6. The third kappa shape index (κ3) is 5.30. The monoisotopic (exact) mass is 395 g/mol. The second kappa shape index (κ2) is 8.41. The maximum absolute atomic E-state index is 12.2. The van der Waals surface area contributed by atoms with Crippen LogP contribution in [0.1, 0.15) is 26.3 Å². The smallest absolute Gasteiger partial charge is 0.408 e. The predicted octanol–water partition coefficient (Wildman–Crippen LogP) is 2.59. The lowest BCUT2D eigenvalue weighted by molar-refractivity contribution is -0.144. The van der Waals surface area contributed by atoms with Crippen LogP contribution in [0.5, 0.6) is 0 Å². The molecule has 1 aromatic rings. The summed E-state index contributed by atoms with van der Waals surface area (Å²) >= 11 is 0. The third-order valence-electron chi connectivity index (χ3n) is 5.12. The van der Waals surface area contributed by atoms with Crippen molar-refractivity contribution in [3.8, 4) is 0 Å². The third-order valence-corrected chi connectivity index (χ3v) is 9.59. The van der Waals surface area contributed by atoms with Crippen molar-refractivity contribution in [2.75, 3.05) is 6.61 Å². The van der Waals surface area contributed by atoms with Crippen LogP contribution in [0.15, 0.2) is 30.3 Å². The van der Waals surface area contributed by atoms with Crippen LogP contribution in [-0.2, 0) is 25.3 Å². The number of nitrogens with one attached hydrogen (secondary N) is 1. The number of alkyl carbamates (subject to hydrolysis) is 1. The first-order valence-electron chi connectivity index (χ1n) is 9.01. The van der Waals surface area contributed by atoms with Gasteiger partial charge < -0.3 is 24.3 Å². The number of amides is 1. The van der Waals surface area contributed by atoms with E-state index < -0.39 is 38.6 Å². The van der Waals surface area contributed by atoms with E-state index >= 15 is 0 Å². The van der Waals surface area contributed by atoms with Crippen molar-refractivity contribution in [3.05, 3.63) is 35.9 Å². The molecular formula is C19H29NO6Si. The lowest BCUT2D eigenvalue weighted by Gasteiger charge is -2.39. The minimum Gasteiger partial charge on any atom is -0.455 e. The summed E-state index contributed by atoms with van der Waals surface area (Å²) in [6, 6.07) is 8.22. The molecule has 150 valence electrons. The summed E-state index contributed by atoms with van der Waals surface area (Å²) in [5, 5.41) is 12.0. The average Bonchev–Trinajstić information content (AvgIpc) is 2.88. The number of esters is 1. The van der Waals surface area contributed by atoms with Gasteiger partial charge in [-0.1, -0.05) is 51.1 Å². The molecule has 0 radical (unpaired) electrons. The van der Waals surface area contributed by atoms with Crippen LogP contribution in [0.2, 0.25) is 18.1 Å². The van der Waals surface area contributed by atoms with Crippen LogP contribution in [-0.4, -0.2) is 50.3 Å². The normalized spacial score (nSPS) is 23.0. The molecule has 0 aromatic heterocycles. The lowest BCUT2D eigenvalue weighted by Crippen LogP contribution is -2.54. The van der Waals surface area contributed by atoms with E-state index in [-0.39, 0.29) is 18.3 Å². The highest BCUT2D eigenvalue weighted by atomic mass is 28.4. The maximum atomic E-state index is 12.2. The molecule has 0 saturated carbocycles. The molecule has 2 N–H and O–H groups in total. The number of benzene rings is 1. The topological polar surface area (TPSA) is 94.1 Å². The molecule has 1 fully saturated rings. The Balaban J connectivity index is 2.05. The molecule has 1 amide bonds. The highest BCUT2D eigenvalue weighted by molar-refractivity contribution is 6.74. The molecule has 2 rings (SSSR count). The molecule has 1 saturated heterocycles.